The molecule has 1 N–H and O–H groups in total. The molecule has 0 saturated heterocycles. The number of allylic oxidation sites excluding steroid dienone is 3. The Kier molecular flexibility index (Phi) is 5.34. The maximum atomic E-state index is 13.8. The minimum Gasteiger partial charge on any atom is -0.319 e. The van der Waals surface area contributed by atoms with Gasteiger partial charge in [-0.2, -0.15) is 5.10 Å². The van der Waals surface area contributed by atoms with Crippen molar-refractivity contribution in [2.75, 3.05) is 5.32 Å². The molecule has 2 aliphatic rings. The molecule has 0 radical (unpaired) electrons. The van der Waals surface area contributed by atoms with Crippen LogP contribution in [0.15, 0.2) is 83.7 Å². The maximum Gasteiger partial charge on any atom is 0.255 e. The largest absolute Gasteiger partial charge is 0.319 e. The van der Waals surface area contributed by atoms with Crippen LogP contribution in [0.5, 0.6) is 0 Å². The molecule has 0 spiro atoms. The SMILES string of the molecule is Cc1ccc(Cn2cc(NC(=O)C3=CCC(=O)C(C4=Cc5ccccc5C4)=C3)cn2)cc1F. The monoisotopic (exact) mass is 439 g/mol. The fourth-order valence-corrected chi connectivity index (χ4v) is 4.13. The first-order valence-electron chi connectivity index (χ1n) is 10.8. The number of nitrogens with zero attached hydrogens (tertiary/aromatic N) is 2. The molecule has 3 aromatic rings. The Bertz CT molecular complexity index is 1380. The number of nitrogens with one attached hydrogen (secondary N) is 1. The van der Waals surface area contributed by atoms with Gasteiger partial charge in [-0.05, 0) is 53.3 Å². The van der Waals surface area contributed by atoms with E-state index in [9.17, 15) is 14.0 Å². The van der Waals surface area contributed by atoms with Gasteiger partial charge in [-0.25, -0.2) is 4.39 Å². The summed E-state index contributed by atoms with van der Waals surface area (Å²) in [6, 6.07) is 13.1. The highest BCUT2D eigenvalue weighted by Crippen LogP contribution is 2.32. The number of aryl methyl sites for hydroxylation is 1. The highest BCUT2D eigenvalue weighted by molar-refractivity contribution is 6.12. The number of fused-ring (bicyclic) bond motifs is 1. The van der Waals surface area contributed by atoms with Crippen LogP contribution in [0.1, 0.15) is 28.7 Å². The van der Waals surface area contributed by atoms with E-state index in [2.05, 4.69) is 16.5 Å². The van der Waals surface area contributed by atoms with E-state index in [0.717, 1.165) is 16.7 Å². The van der Waals surface area contributed by atoms with E-state index >= 15 is 0 Å². The van der Waals surface area contributed by atoms with E-state index in [1.165, 1.54) is 11.6 Å². The summed E-state index contributed by atoms with van der Waals surface area (Å²) < 4.78 is 15.4. The fourth-order valence-electron chi connectivity index (χ4n) is 4.13. The van der Waals surface area contributed by atoms with Crippen molar-refractivity contribution >= 4 is 23.5 Å². The Labute approximate surface area is 190 Å². The van der Waals surface area contributed by atoms with Crippen molar-refractivity contribution in [2.45, 2.75) is 26.3 Å². The number of aromatic nitrogens is 2. The third-order valence-corrected chi connectivity index (χ3v) is 5.95. The van der Waals surface area contributed by atoms with Gasteiger partial charge >= 0.3 is 0 Å². The second-order valence-corrected chi connectivity index (χ2v) is 8.35. The van der Waals surface area contributed by atoms with Crippen LogP contribution in [0.3, 0.4) is 0 Å². The van der Waals surface area contributed by atoms with Crippen LogP contribution >= 0.6 is 0 Å². The number of benzene rings is 2. The molecule has 1 heterocycles. The van der Waals surface area contributed by atoms with E-state index in [0.29, 0.717) is 35.4 Å². The topological polar surface area (TPSA) is 64.0 Å². The minimum absolute atomic E-state index is 0.0174. The number of carbonyl (C=O) groups is 2. The second-order valence-electron chi connectivity index (χ2n) is 8.35. The quantitative estimate of drug-likeness (QED) is 0.622. The van der Waals surface area contributed by atoms with Gasteiger partial charge in [0.15, 0.2) is 5.78 Å². The van der Waals surface area contributed by atoms with Crippen molar-refractivity contribution in [3.05, 3.63) is 112 Å². The number of carbonyl (C=O) groups excluding carboxylic acids is 2. The van der Waals surface area contributed by atoms with E-state index in [-0.39, 0.29) is 23.9 Å². The Balaban J connectivity index is 1.28. The number of Topliss-reactive ketones (excluding diaryl/α,β-unsaturated/α-hetero) is 1. The van der Waals surface area contributed by atoms with Crippen LogP contribution in [0.25, 0.3) is 6.08 Å². The molecule has 164 valence electrons. The summed E-state index contributed by atoms with van der Waals surface area (Å²) >= 11 is 0. The number of amides is 1. The smallest absolute Gasteiger partial charge is 0.255 e. The van der Waals surface area contributed by atoms with Crippen molar-refractivity contribution in [1.82, 2.24) is 9.78 Å². The lowest BCUT2D eigenvalue weighted by atomic mass is 9.91. The molecule has 0 saturated carbocycles. The van der Waals surface area contributed by atoms with Gasteiger partial charge < -0.3 is 5.32 Å². The number of halogens is 1. The summed E-state index contributed by atoms with van der Waals surface area (Å²) in [5, 5.41) is 7.10. The van der Waals surface area contributed by atoms with Gasteiger partial charge in [0.2, 0.25) is 0 Å². The van der Waals surface area contributed by atoms with Gasteiger partial charge in [-0.15, -0.1) is 0 Å². The predicted octanol–water partition coefficient (Wildman–Crippen LogP) is 4.78. The third kappa shape index (κ3) is 4.32. The van der Waals surface area contributed by atoms with Crippen molar-refractivity contribution in [3.63, 3.8) is 0 Å². The van der Waals surface area contributed by atoms with Gasteiger partial charge in [-0.3, -0.25) is 14.3 Å². The van der Waals surface area contributed by atoms with Gasteiger partial charge in [0, 0.05) is 23.8 Å². The number of anilines is 1. The summed E-state index contributed by atoms with van der Waals surface area (Å²) in [4.78, 5) is 25.4. The maximum absolute atomic E-state index is 13.8. The molecule has 6 heteroatoms. The standard InChI is InChI=1S/C27H22FN3O2/c1-17-6-7-18(10-25(17)28)15-31-16-23(14-29-31)30-27(33)21-8-9-26(32)24(13-21)22-11-19-4-2-3-5-20(19)12-22/h2-8,10-11,13-14,16H,9,12,15H2,1H3,(H,30,33). The van der Waals surface area contributed by atoms with Crippen molar-refractivity contribution < 1.29 is 14.0 Å². The Morgan fingerprint density at radius 2 is 2.03 bits per heavy atom. The first kappa shape index (κ1) is 20.8. The zero-order valence-corrected chi connectivity index (χ0v) is 18.1. The molecule has 0 atom stereocenters. The molecule has 33 heavy (non-hydrogen) atoms. The normalized spacial score (nSPS) is 15.0. The number of hydrogen-bond acceptors (Lipinski definition) is 3. The molecule has 1 aromatic heterocycles. The summed E-state index contributed by atoms with van der Waals surface area (Å²) in [5.41, 5.74) is 6.20. The van der Waals surface area contributed by atoms with Crippen LogP contribution in [-0.4, -0.2) is 21.5 Å². The molecule has 5 nitrogen and oxygen atoms in total. The number of rotatable bonds is 5. The molecular formula is C27H22FN3O2. The van der Waals surface area contributed by atoms with E-state index < -0.39 is 0 Å². The van der Waals surface area contributed by atoms with E-state index in [4.69, 9.17) is 0 Å². The highest BCUT2D eigenvalue weighted by atomic mass is 19.1. The van der Waals surface area contributed by atoms with Crippen LogP contribution in [0.4, 0.5) is 10.1 Å². The lowest BCUT2D eigenvalue weighted by Crippen LogP contribution is -2.18. The summed E-state index contributed by atoms with van der Waals surface area (Å²) in [5.74, 6) is -0.532. The molecule has 0 fully saturated rings. The van der Waals surface area contributed by atoms with Crippen molar-refractivity contribution in [2.24, 2.45) is 0 Å². The molecule has 0 bridgehead atoms. The lowest BCUT2D eigenvalue weighted by Gasteiger charge is -2.14. The Morgan fingerprint density at radius 3 is 2.85 bits per heavy atom. The third-order valence-electron chi connectivity index (χ3n) is 5.95. The van der Waals surface area contributed by atoms with Gasteiger partial charge in [0.25, 0.3) is 5.91 Å². The number of ketones is 1. The van der Waals surface area contributed by atoms with E-state index in [1.54, 1.807) is 42.2 Å². The van der Waals surface area contributed by atoms with Crippen molar-refractivity contribution in [1.29, 1.82) is 0 Å². The highest BCUT2D eigenvalue weighted by Gasteiger charge is 2.24. The van der Waals surface area contributed by atoms with Crippen molar-refractivity contribution in [3.8, 4) is 0 Å². The molecule has 5 rings (SSSR count). The Hall–Kier alpha value is -4.06. The zero-order chi connectivity index (χ0) is 22.9. The predicted molar refractivity (Wildman–Crippen MR) is 125 cm³/mol. The fraction of sp³-hybridized carbons (Fsp3) is 0.148. The number of hydrogen-bond donors (Lipinski definition) is 1. The van der Waals surface area contributed by atoms with Gasteiger partial charge in [0.05, 0.1) is 18.4 Å². The Morgan fingerprint density at radius 1 is 1.18 bits per heavy atom. The lowest BCUT2D eigenvalue weighted by molar-refractivity contribution is -0.114. The first-order valence-corrected chi connectivity index (χ1v) is 10.8. The summed E-state index contributed by atoms with van der Waals surface area (Å²) in [6.45, 7) is 2.11. The molecular weight excluding hydrogens is 417 g/mol. The first-order chi connectivity index (χ1) is 16.0. The molecule has 2 aromatic carbocycles. The van der Waals surface area contributed by atoms with Gasteiger partial charge in [0.1, 0.15) is 5.82 Å². The average Bonchev–Trinajstić information content (AvgIpc) is 3.43. The summed E-state index contributed by atoms with van der Waals surface area (Å²) in [6.07, 6.45) is 9.50. The van der Waals surface area contributed by atoms with Gasteiger partial charge in [-0.1, -0.05) is 48.6 Å². The second kappa shape index (κ2) is 8.47. The molecule has 1 amide bonds. The van der Waals surface area contributed by atoms with Crippen LogP contribution < -0.4 is 5.32 Å². The molecule has 2 aliphatic carbocycles. The minimum atomic E-state index is -0.294. The van der Waals surface area contributed by atoms with Crippen LogP contribution in [0.2, 0.25) is 0 Å². The van der Waals surface area contributed by atoms with Crippen LogP contribution in [-0.2, 0) is 22.6 Å². The van der Waals surface area contributed by atoms with Crippen LogP contribution in [0, 0.1) is 12.7 Å². The average molecular weight is 439 g/mol. The zero-order valence-electron chi connectivity index (χ0n) is 18.1. The molecule has 0 unspecified atom stereocenters. The summed E-state index contributed by atoms with van der Waals surface area (Å²) in [7, 11) is 0. The van der Waals surface area contributed by atoms with E-state index in [1.807, 2.05) is 30.3 Å². The molecule has 0 aliphatic heterocycles.